The Labute approximate surface area is 164 Å². The van der Waals surface area contributed by atoms with Gasteiger partial charge in [0.05, 0.1) is 23.7 Å². The van der Waals surface area contributed by atoms with E-state index in [0.29, 0.717) is 18.5 Å². The van der Waals surface area contributed by atoms with Gasteiger partial charge in [0, 0.05) is 43.2 Å². The molecule has 1 N–H and O–H groups in total. The van der Waals surface area contributed by atoms with E-state index in [4.69, 9.17) is 4.74 Å². The van der Waals surface area contributed by atoms with Gasteiger partial charge >= 0.3 is 6.03 Å². The van der Waals surface area contributed by atoms with Crippen LogP contribution in [0.15, 0.2) is 36.1 Å². The third-order valence-electron chi connectivity index (χ3n) is 4.95. The lowest BCUT2D eigenvalue weighted by Crippen LogP contribution is -2.34. The molecular weight excluding hydrogens is 352 g/mol. The molecule has 1 heterocycles. The number of fused-ring (bicyclic) bond motifs is 1. The molecule has 0 aliphatic heterocycles. The molecule has 0 atom stereocenters. The number of aromatic nitrogens is 1. The monoisotopic (exact) mass is 376 g/mol. The molecule has 0 saturated heterocycles. The van der Waals surface area contributed by atoms with E-state index < -0.39 is 0 Å². The maximum Gasteiger partial charge on any atom is 0.321 e. The minimum atomic E-state index is -0.198. The van der Waals surface area contributed by atoms with Crippen molar-refractivity contribution in [3.8, 4) is 17.3 Å². The van der Waals surface area contributed by atoms with Crippen LogP contribution in [-0.2, 0) is 11.3 Å². The lowest BCUT2D eigenvalue weighted by atomic mass is 10.1. The molecule has 0 unspecified atom stereocenters. The minimum Gasteiger partial charge on any atom is -0.497 e. The number of hydrogen-bond acceptors (Lipinski definition) is 3. The Morgan fingerprint density at radius 1 is 1.39 bits per heavy atom. The van der Waals surface area contributed by atoms with E-state index in [0.717, 1.165) is 33.3 Å². The molecule has 0 saturated carbocycles. The van der Waals surface area contributed by atoms with E-state index in [1.807, 2.05) is 36.4 Å². The molecule has 3 rings (SSSR count). The number of ether oxygens (including phenoxy) is 1. The Hall–Kier alpha value is -3.46. The number of anilines is 1. The Kier molecular flexibility index (Phi) is 5.55. The summed E-state index contributed by atoms with van der Waals surface area (Å²) in [5.74, 6) is 0.784. The average molecular weight is 376 g/mol. The molecule has 0 spiro atoms. The van der Waals surface area contributed by atoms with Crippen LogP contribution in [0, 0.1) is 11.3 Å². The summed E-state index contributed by atoms with van der Waals surface area (Å²) in [5, 5.41) is 14.5. The van der Waals surface area contributed by atoms with Crippen LogP contribution < -0.4 is 20.8 Å². The van der Waals surface area contributed by atoms with Gasteiger partial charge in [0.2, 0.25) is 0 Å². The van der Waals surface area contributed by atoms with Crippen molar-refractivity contribution in [1.29, 1.82) is 5.26 Å². The highest BCUT2D eigenvalue weighted by atomic mass is 16.5. The fraction of sp³-hybridized carbons (Fsp3) is 0.273. The topological polar surface area (TPSA) is 70.3 Å². The van der Waals surface area contributed by atoms with Crippen molar-refractivity contribution in [1.82, 2.24) is 9.88 Å². The van der Waals surface area contributed by atoms with Crippen molar-refractivity contribution in [3.05, 3.63) is 52.2 Å². The van der Waals surface area contributed by atoms with E-state index in [2.05, 4.69) is 29.0 Å². The number of allylic oxidation sites excluding steroid dienone is 2. The van der Waals surface area contributed by atoms with Gasteiger partial charge in [-0.1, -0.05) is 18.2 Å². The fourth-order valence-electron chi connectivity index (χ4n) is 3.54. The minimum absolute atomic E-state index is 0.198. The van der Waals surface area contributed by atoms with Gasteiger partial charge in [0.15, 0.2) is 0 Å². The summed E-state index contributed by atoms with van der Waals surface area (Å²) in [6, 6.07) is 9.87. The third kappa shape index (κ3) is 3.27. The van der Waals surface area contributed by atoms with Gasteiger partial charge in [-0.15, -0.1) is 0 Å². The predicted octanol–water partition coefficient (Wildman–Crippen LogP) is 2.32. The number of carbonyl (C=O) groups is 1. The molecular formula is C22H24N4O2. The lowest BCUT2D eigenvalue weighted by molar-refractivity contribution is 0.249. The number of rotatable bonds is 4. The van der Waals surface area contributed by atoms with Crippen LogP contribution in [0.3, 0.4) is 0 Å². The van der Waals surface area contributed by atoms with E-state index >= 15 is 0 Å². The van der Waals surface area contributed by atoms with Gasteiger partial charge in [-0.2, -0.15) is 5.26 Å². The highest BCUT2D eigenvalue weighted by Crippen LogP contribution is 2.26. The van der Waals surface area contributed by atoms with Crippen LogP contribution in [0.4, 0.5) is 10.5 Å². The van der Waals surface area contributed by atoms with Crippen molar-refractivity contribution in [3.63, 3.8) is 0 Å². The Morgan fingerprint density at radius 2 is 2.18 bits per heavy atom. The van der Waals surface area contributed by atoms with E-state index in [1.165, 1.54) is 0 Å². The summed E-state index contributed by atoms with van der Waals surface area (Å²) in [5.41, 5.74) is 3.14. The molecule has 0 radical (unpaired) electrons. The first-order valence-electron chi connectivity index (χ1n) is 9.20. The number of hydrogen-bond donors (Lipinski definition) is 1. The van der Waals surface area contributed by atoms with Gasteiger partial charge in [0.25, 0.3) is 0 Å². The zero-order valence-corrected chi connectivity index (χ0v) is 16.6. The molecule has 1 aliphatic carbocycles. The molecule has 144 valence electrons. The molecule has 6 heteroatoms. The zero-order valence-electron chi connectivity index (χ0n) is 16.6. The second-order valence-corrected chi connectivity index (χ2v) is 6.44. The zero-order chi connectivity index (χ0) is 20.3. The van der Waals surface area contributed by atoms with Crippen LogP contribution in [0.2, 0.25) is 0 Å². The van der Waals surface area contributed by atoms with E-state index in [9.17, 15) is 10.1 Å². The molecule has 1 aliphatic rings. The van der Waals surface area contributed by atoms with Crippen LogP contribution in [0.5, 0.6) is 0 Å². The summed E-state index contributed by atoms with van der Waals surface area (Å²) in [6.45, 7) is 2.76. The van der Waals surface area contributed by atoms with Crippen LogP contribution in [0.1, 0.15) is 18.9 Å². The maximum absolute atomic E-state index is 12.0. The summed E-state index contributed by atoms with van der Waals surface area (Å²) in [7, 11) is 4.97. The number of nitrogens with zero attached hydrogens (tertiary/aromatic N) is 3. The maximum atomic E-state index is 12.0. The van der Waals surface area contributed by atoms with Crippen molar-refractivity contribution >= 4 is 23.9 Å². The molecule has 2 aromatic rings. The van der Waals surface area contributed by atoms with Crippen molar-refractivity contribution in [2.75, 3.05) is 26.1 Å². The highest BCUT2D eigenvalue weighted by molar-refractivity contribution is 5.92. The van der Waals surface area contributed by atoms with Gasteiger partial charge in [-0.05, 0) is 31.6 Å². The molecule has 0 bridgehead atoms. The number of nitriles is 1. The van der Waals surface area contributed by atoms with Crippen molar-refractivity contribution in [2.45, 2.75) is 19.9 Å². The van der Waals surface area contributed by atoms with Gasteiger partial charge in [0.1, 0.15) is 11.8 Å². The standard InChI is InChI=1S/C22H24N4O2/c1-5-26-20-13-17(28-4)10-7-11-18(20)19(14-23)21(26)15-8-6-9-16(12-15)25(3)22(27)24-2/h6,8-13H,5,7H2,1-4H3,(H,24,27). The lowest BCUT2D eigenvalue weighted by Gasteiger charge is -2.18. The molecule has 2 amide bonds. The number of amides is 2. The summed E-state index contributed by atoms with van der Waals surface area (Å²) in [6.07, 6.45) is 6.74. The van der Waals surface area contributed by atoms with Crippen molar-refractivity contribution in [2.24, 2.45) is 0 Å². The van der Waals surface area contributed by atoms with Gasteiger partial charge in [-0.3, -0.25) is 4.90 Å². The quantitative estimate of drug-likeness (QED) is 0.890. The summed E-state index contributed by atoms with van der Waals surface area (Å²) >= 11 is 0. The first-order chi connectivity index (χ1) is 13.5. The van der Waals surface area contributed by atoms with Crippen LogP contribution in [0.25, 0.3) is 23.4 Å². The predicted molar refractivity (Wildman–Crippen MR) is 111 cm³/mol. The summed E-state index contributed by atoms with van der Waals surface area (Å²) < 4.78 is 7.57. The smallest absolute Gasteiger partial charge is 0.321 e. The average Bonchev–Trinajstić information content (AvgIpc) is 2.87. The number of carbonyl (C=O) groups excluding carboxylic acids is 1. The number of methoxy groups -OCH3 is 1. The van der Waals surface area contributed by atoms with Gasteiger partial charge in [-0.25, -0.2) is 4.79 Å². The Balaban J connectivity index is 2.28. The SMILES string of the molecule is CCn1c(-c2cccc(N(C)C(=O)NC)c2)c(C#N)c2c1=CC(OC)=CCC=2. The number of nitrogens with one attached hydrogen (secondary N) is 1. The third-order valence-corrected chi connectivity index (χ3v) is 4.95. The number of urea groups is 1. The number of benzene rings is 1. The molecule has 1 aromatic heterocycles. The van der Waals surface area contributed by atoms with E-state index in [-0.39, 0.29) is 6.03 Å². The normalized spacial score (nSPS) is 12.5. The first kappa shape index (κ1) is 19.3. The second-order valence-electron chi connectivity index (χ2n) is 6.44. The van der Waals surface area contributed by atoms with Crippen LogP contribution in [-0.4, -0.2) is 31.8 Å². The second kappa shape index (κ2) is 8.05. The molecule has 6 nitrogen and oxygen atoms in total. The first-order valence-corrected chi connectivity index (χ1v) is 9.20. The summed E-state index contributed by atoms with van der Waals surface area (Å²) in [4.78, 5) is 13.5. The molecule has 28 heavy (non-hydrogen) atoms. The largest absolute Gasteiger partial charge is 0.497 e. The van der Waals surface area contributed by atoms with Gasteiger partial charge < -0.3 is 14.6 Å². The van der Waals surface area contributed by atoms with E-state index in [1.54, 1.807) is 26.1 Å². The fourth-order valence-corrected chi connectivity index (χ4v) is 3.54. The Bertz CT molecular complexity index is 1100. The Morgan fingerprint density at radius 3 is 2.82 bits per heavy atom. The molecule has 0 fully saturated rings. The molecule has 1 aromatic carbocycles. The van der Waals surface area contributed by atoms with Crippen LogP contribution >= 0.6 is 0 Å². The highest BCUT2D eigenvalue weighted by Gasteiger charge is 2.18. The van der Waals surface area contributed by atoms with Crippen molar-refractivity contribution < 1.29 is 9.53 Å².